The molecular weight excluding hydrogens is 295 g/mol. The first-order chi connectivity index (χ1) is 8.65. The van der Waals surface area contributed by atoms with Gasteiger partial charge in [0.15, 0.2) is 0 Å². The first-order valence-electron chi connectivity index (χ1n) is 5.20. The van der Waals surface area contributed by atoms with Gasteiger partial charge in [-0.1, -0.05) is 35.1 Å². The first-order valence-corrected chi connectivity index (χ1v) is 7.55. The van der Waals surface area contributed by atoms with Crippen LogP contribution in [0.25, 0.3) is 0 Å². The van der Waals surface area contributed by atoms with E-state index in [0.717, 1.165) is 16.7 Å². The highest BCUT2D eigenvalue weighted by atomic mass is 35.5. The maximum Gasteiger partial charge on any atom is 0.234 e. The van der Waals surface area contributed by atoms with Crippen molar-refractivity contribution in [1.29, 1.82) is 0 Å². The number of nitrogens with zero attached hydrogens (tertiary/aromatic N) is 1. The molecule has 2 rings (SSSR count). The van der Waals surface area contributed by atoms with Gasteiger partial charge in [-0.25, -0.2) is 4.39 Å². The second kappa shape index (κ2) is 6.45. The molecule has 1 heterocycles. The zero-order valence-electron chi connectivity index (χ0n) is 9.28. The Morgan fingerprint density at radius 2 is 2.44 bits per heavy atom. The van der Waals surface area contributed by atoms with Gasteiger partial charge in [-0.05, 0) is 18.2 Å². The highest BCUT2D eigenvalue weighted by Crippen LogP contribution is 2.24. The topological polar surface area (TPSA) is 41.5 Å². The van der Waals surface area contributed by atoms with Gasteiger partial charge in [0.2, 0.25) is 5.91 Å². The van der Waals surface area contributed by atoms with Crippen molar-refractivity contribution in [2.24, 2.45) is 4.99 Å². The monoisotopic (exact) mass is 304 g/mol. The second-order valence-electron chi connectivity index (χ2n) is 3.46. The molecule has 96 valence electrons. The Bertz CT molecular complexity index is 496. The number of aliphatic imine (C=N–C) groups is 1. The van der Waals surface area contributed by atoms with Crippen molar-refractivity contribution in [1.82, 2.24) is 0 Å². The molecule has 1 aliphatic heterocycles. The molecular formula is C11H10ClFN2OS2. The molecule has 1 aromatic carbocycles. The van der Waals surface area contributed by atoms with Crippen LogP contribution in [0.4, 0.5) is 10.1 Å². The van der Waals surface area contributed by atoms with E-state index in [-0.39, 0.29) is 16.7 Å². The summed E-state index contributed by atoms with van der Waals surface area (Å²) in [4.78, 5) is 15.9. The van der Waals surface area contributed by atoms with Gasteiger partial charge in [0.25, 0.3) is 0 Å². The van der Waals surface area contributed by atoms with E-state index in [0.29, 0.717) is 5.69 Å². The summed E-state index contributed by atoms with van der Waals surface area (Å²) >= 11 is 8.87. The van der Waals surface area contributed by atoms with Gasteiger partial charge in [0.1, 0.15) is 10.2 Å². The third-order valence-electron chi connectivity index (χ3n) is 2.09. The van der Waals surface area contributed by atoms with Crippen LogP contribution in [0.15, 0.2) is 23.2 Å². The molecule has 1 amide bonds. The maximum atomic E-state index is 12.8. The molecule has 0 spiro atoms. The van der Waals surface area contributed by atoms with Crippen molar-refractivity contribution < 1.29 is 9.18 Å². The van der Waals surface area contributed by atoms with E-state index in [1.807, 2.05) is 0 Å². The van der Waals surface area contributed by atoms with Crippen molar-refractivity contribution in [3.05, 3.63) is 29.0 Å². The Kier molecular flexibility index (Phi) is 4.91. The van der Waals surface area contributed by atoms with Crippen molar-refractivity contribution in [2.75, 3.05) is 23.4 Å². The fourth-order valence-electron chi connectivity index (χ4n) is 1.31. The van der Waals surface area contributed by atoms with Crippen LogP contribution in [-0.4, -0.2) is 28.3 Å². The molecule has 0 aromatic heterocycles. The number of nitrogens with one attached hydrogen (secondary N) is 1. The Morgan fingerprint density at radius 3 is 3.11 bits per heavy atom. The van der Waals surface area contributed by atoms with E-state index in [9.17, 15) is 9.18 Å². The van der Waals surface area contributed by atoms with E-state index >= 15 is 0 Å². The fourth-order valence-corrected chi connectivity index (χ4v) is 3.33. The number of rotatable bonds is 3. The quantitative estimate of drug-likeness (QED) is 0.932. The number of amides is 1. The molecule has 0 saturated heterocycles. The predicted octanol–water partition coefficient (Wildman–Crippen LogP) is 3.25. The van der Waals surface area contributed by atoms with Crippen molar-refractivity contribution in [3.63, 3.8) is 0 Å². The van der Waals surface area contributed by atoms with Gasteiger partial charge in [-0.2, -0.15) is 0 Å². The number of anilines is 1. The number of halogens is 2. The Balaban J connectivity index is 1.86. The highest BCUT2D eigenvalue weighted by molar-refractivity contribution is 8.39. The summed E-state index contributed by atoms with van der Waals surface area (Å²) in [6.45, 7) is 0.818. The summed E-state index contributed by atoms with van der Waals surface area (Å²) in [6.07, 6.45) is 0. The normalized spacial score (nSPS) is 14.4. The van der Waals surface area contributed by atoms with Crippen LogP contribution in [0.2, 0.25) is 5.02 Å². The molecule has 0 fully saturated rings. The minimum Gasteiger partial charge on any atom is -0.324 e. The van der Waals surface area contributed by atoms with E-state index in [1.54, 1.807) is 11.8 Å². The largest absolute Gasteiger partial charge is 0.324 e. The minimum absolute atomic E-state index is 0.177. The van der Waals surface area contributed by atoms with Gasteiger partial charge in [-0.3, -0.25) is 9.79 Å². The molecule has 0 radical (unpaired) electrons. The lowest BCUT2D eigenvalue weighted by Gasteiger charge is -2.06. The van der Waals surface area contributed by atoms with Gasteiger partial charge >= 0.3 is 0 Å². The number of benzene rings is 1. The summed E-state index contributed by atoms with van der Waals surface area (Å²) in [6, 6.07) is 3.87. The summed E-state index contributed by atoms with van der Waals surface area (Å²) in [5.41, 5.74) is 0.421. The summed E-state index contributed by atoms with van der Waals surface area (Å²) in [5, 5.41) is 2.83. The van der Waals surface area contributed by atoms with Crippen LogP contribution in [0.5, 0.6) is 0 Å². The lowest BCUT2D eigenvalue weighted by molar-refractivity contribution is -0.113. The fraction of sp³-hybridized carbons (Fsp3) is 0.273. The van der Waals surface area contributed by atoms with Crippen molar-refractivity contribution >= 4 is 51.1 Å². The van der Waals surface area contributed by atoms with E-state index in [4.69, 9.17) is 11.6 Å². The maximum absolute atomic E-state index is 12.8. The van der Waals surface area contributed by atoms with Crippen molar-refractivity contribution in [3.8, 4) is 0 Å². The summed E-state index contributed by atoms with van der Waals surface area (Å²) in [7, 11) is 0. The number of hydrogen-bond acceptors (Lipinski definition) is 4. The zero-order valence-corrected chi connectivity index (χ0v) is 11.7. The number of hydrogen-bond donors (Lipinski definition) is 1. The smallest absolute Gasteiger partial charge is 0.234 e. The molecule has 1 N–H and O–H groups in total. The molecule has 0 atom stereocenters. The van der Waals surface area contributed by atoms with Gasteiger partial charge in [0, 0.05) is 5.75 Å². The van der Waals surface area contributed by atoms with Gasteiger partial charge in [-0.15, -0.1) is 0 Å². The highest BCUT2D eigenvalue weighted by Gasteiger charge is 2.11. The standard InChI is InChI=1S/C11H10ClFN2OS2/c12-8-5-7(13)1-2-9(8)15-10(16)6-18-11-14-3-4-17-11/h1-2,5H,3-4,6H2,(H,15,16). The molecule has 0 saturated carbocycles. The molecule has 0 unspecified atom stereocenters. The third-order valence-corrected chi connectivity index (χ3v) is 4.65. The van der Waals surface area contributed by atoms with Crippen LogP contribution in [0.1, 0.15) is 0 Å². The zero-order chi connectivity index (χ0) is 13.0. The van der Waals surface area contributed by atoms with Crippen LogP contribution in [-0.2, 0) is 4.79 Å². The van der Waals surface area contributed by atoms with Crippen LogP contribution in [0.3, 0.4) is 0 Å². The molecule has 1 aromatic rings. The van der Waals surface area contributed by atoms with Gasteiger partial charge in [0.05, 0.1) is 23.0 Å². The molecule has 1 aliphatic rings. The molecule has 7 heteroatoms. The van der Waals surface area contributed by atoms with Crippen LogP contribution < -0.4 is 5.32 Å². The minimum atomic E-state index is -0.427. The Labute approximate surface area is 118 Å². The SMILES string of the molecule is O=C(CSC1=NCCS1)Nc1ccc(F)cc1Cl. The van der Waals surface area contributed by atoms with E-state index < -0.39 is 5.82 Å². The Hall–Kier alpha value is -0.720. The average molecular weight is 305 g/mol. The Morgan fingerprint density at radius 1 is 1.61 bits per heavy atom. The van der Waals surface area contributed by atoms with Crippen LogP contribution in [0, 0.1) is 5.82 Å². The van der Waals surface area contributed by atoms with E-state index in [2.05, 4.69) is 10.3 Å². The lowest BCUT2D eigenvalue weighted by Crippen LogP contribution is -2.15. The average Bonchev–Trinajstić information content (AvgIpc) is 2.83. The van der Waals surface area contributed by atoms with Crippen molar-refractivity contribution in [2.45, 2.75) is 0 Å². The lowest BCUT2D eigenvalue weighted by atomic mass is 10.3. The molecule has 0 aliphatic carbocycles. The number of carbonyl (C=O) groups excluding carboxylic acids is 1. The first kappa shape index (κ1) is 13.7. The molecule has 3 nitrogen and oxygen atoms in total. The summed E-state index contributed by atoms with van der Waals surface area (Å²) < 4.78 is 13.8. The molecule has 18 heavy (non-hydrogen) atoms. The number of thioether (sulfide) groups is 2. The second-order valence-corrected chi connectivity index (χ2v) is 6.17. The number of carbonyl (C=O) groups is 1. The predicted molar refractivity (Wildman–Crippen MR) is 77.3 cm³/mol. The van der Waals surface area contributed by atoms with Crippen LogP contribution >= 0.6 is 35.1 Å². The third kappa shape index (κ3) is 3.90. The summed E-state index contributed by atoms with van der Waals surface area (Å²) in [5.74, 6) is 0.653. The molecule has 0 bridgehead atoms. The van der Waals surface area contributed by atoms with Gasteiger partial charge < -0.3 is 5.32 Å². The van der Waals surface area contributed by atoms with E-state index in [1.165, 1.54) is 30.0 Å².